The average molecular weight is 427 g/mol. The van der Waals surface area contributed by atoms with Gasteiger partial charge in [-0.1, -0.05) is 29.5 Å². The lowest BCUT2D eigenvalue weighted by atomic mass is 10.2. The van der Waals surface area contributed by atoms with E-state index < -0.39 is 0 Å². The van der Waals surface area contributed by atoms with Gasteiger partial charge in [-0.25, -0.2) is 4.39 Å². The Morgan fingerprint density at radius 2 is 1.97 bits per heavy atom. The molecule has 1 amide bonds. The number of benzene rings is 2. The van der Waals surface area contributed by atoms with Crippen molar-refractivity contribution < 1.29 is 13.9 Å². The van der Waals surface area contributed by atoms with E-state index in [9.17, 15) is 9.18 Å². The van der Waals surface area contributed by atoms with E-state index in [1.54, 1.807) is 12.1 Å². The van der Waals surface area contributed by atoms with Crippen LogP contribution in [0.25, 0.3) is 17.1 Å². The lowest BCUT2D eigenvalue weighted by Gasteiger charge is -2.12. The van der Waals surface area contributed by atoms with Crippen molar-refractivity contribution >= 4 is 17.7 Å². The van der Waals surface area contributed by atoms with Crippen LogP contribution in [0, 0.1) is 12.7 Å². The Hall–Kier alpha value is -2.71. The summed E-state index contributed by atoms with van der Waals surface area (Å²) in [6.45, 7) is 3.32. The molecule has 1 aliphatic rings. The maximum Gasteiger partial charge on any atom is 0.230 e. The predicted molar refractivity (Wildman–Crippen MR) is 114 cm³/mol. The van der Waals surface area contributed by atoms with Crippen LogP contribution in [0.1, 0.15) is 18.4 Å². The number of amides is 1. The van der Waals surface area contributed by atoms with E-state index in [0.717, 1.165) is 36.3 Å². The standard InChI is InChI=1S/C22H23FN4O2S/c1-15-4-10-18(11-5-15)27-21(16-6-8-17(23)9-7-16)25-26-22(27)30-14-20(28)24-13-19-3-2-12-29-19/h4-11,19H,2-3,12-14H2,1H3,(H,24,28)/t19-/m0/s1. The second kappa shape index (κ2) is 9.40. The Balaban J connectivity index is 1.54. The number of aryl methyl sites for hydroxylation is 1. The van der Waals surface area contributed by atoms with Crippen molar-refractivity contribution in [1.29, 1.82) is 0 Å². The Kier molecular flexibility index (Phi) is 6.44. The minimum atomic E-state index is -0.308. The quantitative estimate of drug-likeness (QED) is 0.583. The van der Waals surface area contributed by atoms with Crippen LogP contribution in [0.3, 0.4) is 0 Å². The predicted octanol–water partition coefficient (Wildman–Crippen LogP) is 3.77. The zero-order chi connectivity index (χ0) is 20.9. The van der Waals surface area contributed by atoms with Crippen LogP contribution in [-0.2, 0) is 9.53 Å². The number of carbonyl (C=O) groups excluding carboxylic acids is 1. The molecule has 1 aromatic heterocycles. The molecule has 1 saturated heterocycles. The molecule has 8 heteroatoms. The molecule has 0 unspecified atom stereocenters. The maximum atomic E-state index is 13.4. The first-order chi connectivity index (χ1) is 14.6. The van der Waals surface area contributed by atoms with Crippen LogP contribution >= 0.6 is 11.8 Å². The van der Waals surface area contributed by atoms with Gasteiger partial charge in [-0.15, -0.1) is 10.2 Å². The molecule has 2 heterocycles. The molecule has 0 spiro atoms. The van der Waals surface area contributed by atoms with Crippen molar-refractivity contribution in [3.05, 3.63) is 59.9 Å². The van der Waals surface area contributed by atoms with Crippen LogP contribution in [0.5, 0.6) is 0 Å². The zero-order valence-electron chi connectivity index (χ0n) is 16.7. The molecule has 156 valence electrons. The summed E-state index contributed by atoms with van der Waals surface area (Å²) in [5, 5.41) is 12.1. The van der Waals surface area contributed by atoms with Crippen molar-refractivity contribution in [2.24, 2.45) is 0 Å². The summed E-state index contributed by atoms with van der Waals surface area (Å²) in [6, 6.07) is 14.1. The van der Waals surface area contributed by atoms with E-state index in [1.807, 2.05) is 35.8 Å². The van der Waals surface area contributed by atoms with Gasteiger partial charge in [0.25, 0.3) is 0 Å². The number of aromatic nitrogens is 3. The van der Waals surface area contributed by atoms with E-state index in [4.69, 9.17) is 4.74 Å². The number of nitrogens with zero attached hydrogens (tertiary/aromatic N) is 3. The van der Waals surface area contributed by atoms with Crippen LogP contribution < -0.4 is 5.32 Å². The molecule has 0 aliphatic carbocycles. The average Bonchev–Trinajstić information content (AvgIpc) is 3.42. The molecule has 1 aliphatic heterocycles. The van der Waals surface area contributed by atoms with E-state index in [1.165, 1.54) is 23.9 Å². The fourth-order valence-corrected chi connectivity index (χ4v) is 4.07. The lowest BCUT2D eigenvalue weighted by Crippen LogP contribution is -2.32. The largest absolute Gasteiger partial charge is 0.376 e. The molecule has 6 nitrogen and oxygen atoms in total. The van der Waals surface area contributed by atoms with E-state index in [2.05, 4.69) is 15.5 Å². The van der Waals surface area contributed by atoms with Gasteiger partial charge in [-0.2, -0.15) is 0 Å². The second-order valence-corrected chi connectivity index (χ2v) is 8.15. The van der Waals surface area contributed by atoms with Gasteiger partial charge in [0.2, 0.25) is 5.91 Å². The van der Waals surface area contributed by atoms with Crippen LogP contribution in [-0.4, -0.2) is 45.7 Å². The Morgan fingerprint density at radius 3 is 2.67 bits per heavy atom. The molecule has 0 saturated carbocycles. The van der Waals surface area contributed by atoms with E-state index in [-0.39, 0.29) is 23.6 Å². The van der Waals surface area contributed by atoms with E-state index >= 15 is 0 Å². The summed E-state index contributed by atoms with van der Waals surface area (Å²) in [4.78, 5) is 12.3. The molecule has 3 aromatic rings. The molecule has 4 rings (SSSR count). The minimum absolute atomic E-state index is 0.0720. The van der Waals surface area contributed by atoms with Gasteiger partial charge >= 0.3 is 0 Å². The third-order valence-electron chi connectivity index (χ3n) is 4.91. The molecule has 1 fully saturated rings. The number of thioether (sulfide) groups is 1. The molecule has 0 radical (unpaired) electrons. The van der Waals surface area contributed by atoms with Gasteiger partial charge < -0.3 is 10.1 Å². The zero-order valence-corrected chi connectivity index (χ0v) is 17.5. The van der Waals surface area contributed by atoms with Gasteiger partial charge in [0.1, 0.15) is 5.82 Å². The fourth-order valence-electron chi connectivity index (χ4n) is 3.29. The number of ether oxygens (including phenoxy) is 1. The summed E-state index contributed by atoms with van der Waals surface area (Å²) >= 11 is 1.32. The molecular weight excluding hydrogens is 403 g/mol. The van der Waals surface area contributed by atoms with Crippen molar-refractivity contribution in [3.63, 3.8) is 0 Å². The monoisotopic (exact) mass is 426 g/mol. The fraction of sp³-hybridized carbons (Fsp3) is 0.318. The third kappa shape index (κ3) is 4.88. The Bertz CT molecular complexity index is 999. The summed E-state index contributed by atoms with van der Waals surface area (Å²) in [6.07, 6.45) is 2.14. The minimum Gasteiger partial charge on any atom is -0.376 e. The smallest absolute Gasteiger partial charge is 0.230 e. The summed E-state index contributed by atoms with van der Waals surface area (Å²) in [5.41, 5.74) is 2.77. The summed E-state index contributed by atoms with van der Waals surface area (Å²) in [5.74, 6) is 0.441. The summed E-state index contributed by atoms with van der Waals surface area (Å²) in [7, 11) is 0. The number of nitrogens with one attached hydrogen (secondary N) is 1. The van der Waals surface area contributed by atoms with Crippen molar-refractivity contribution in [3.8, 4) is 17.1 Å². The van der Waals surface area contributed by atoms with Crippen molar-refractivity contribution in [2.75, 3.05) is 18.9 Å². The molecular formula is C22H23FN4O2S. The van der Waals surface area contributed by atoms with Crippen LogP contribution in [0.15, 0.2) is 53.7 Å². The molecule has 30 heavy (non-hydrogen) atoms. The number of halogens is 1. The van der Waals surface area contributed by atoms with Gasteiger partial charge in [0, 0.05) is 24.4 Å². The number of hydrogen-bond acceptors (Lipinski definition) is 5. The van der Waals surface area contributed by atoms with Crippen LogP contribution in [0.2, 0.25) is 0 Å². The van der Waals surface area contributed by atoms with Gasteiger partial charge in [0.05, 0.1) is 11.9 Å². The van der Waals surface area contributed by atoms with Crippen molar-refractivity contribution in [2.45, 2.75) is 31.0 Å². The molecule has 1 atom stereocenters. The first kappa shape index (κ1) is 20.6. The summed E-state index contributed by atoms with van der Waals surface area (Å²) < 4.78 is 20.8. The number of hydrogen-bond donors (Lipinski definition) is 1. The maximum absolute atomic E-state index is 13.4. The van der Waals surface area contributed by atoms with Crippen molar-refractivity contribution in [1.82, 2.24) is 20.1 Å². The first-order valence-electron chi connectivity index (χ1n) is 9.89. The Labute approximate surface area is 178 Å². The normalized spacial score (nSPS) is 16.0. The van der Waals surface area contributed by atoms with Gasteiger partial charge in [-0.05, 0) is 56.2 Å². The van der Waals surface area contributed by atoms with E-state index in [0.29, 0.717) is 17.5 Å². The number of carbonyl (C=O) groups is 1. The molecule has 2 aromatic carbocycles. The van der Waals surface area contributed by atoms with Crippen LogP contribution in [0.4, 0.5) is 4.39 Å². The Morgan fingerprint density at radius 1 is 1.20 bits per heavy atom. The highest BCUT2D eigenvalue weighted by Crippen LogP contribution is 2.28. The highest BCUT2D eigenvalue weighted by molar-refractivity contribution is 7.99. The highest BCUT2D eigenvalue weighted by Gasteiger charge is 2.19. The number of rotatable bonds is 7. The third-order valence-corrected chi connectivity index (χ3v) is 5.84. The van der Waals surface area contributed by atoms with Gasteiger partial charge in [-0.3, -0.25) is 9.36 Å². The second-order valence-electron chi connectivity index (χ2n) is 7.21. The highest BCUT2D eigenvalue weighted by atomic mass is 32.2. The molecule has 1 N–H and O–H groups in total. The van der Waals surface area contributed by atoms with Gasteiger partial charge in [0.15, 0.2) is 11.0 Å². The SMILES string of the molecule is Cc1ccc(-n2c(SCC(=O)NC[C@@H]3CCCO3)nnc2-c2ccc(F)cc2)cc1. The lowest BCUT2D eigenvalue weighted by molar-refractivity contribution is -0.119. The molecule has 0 bridgehead atoms. The topological polar surface area (TPSA) is 69.0 Å². The first-order valence-corrected chi connectivity index (χ1v) is 10.9.